The standard InChI is InChI=1S/C15H20BrNO3/c1-15(2,3)8-10(14(19)20)9-17-13(18)11-6-4-5-7-12(11)16/h4-7,10H,8-9H2,1-3H3,(H,17,18)(H,19,20). The summed E-state index contributed by atoms with van der Waals surface area (Å²) in [5.41, 5.74) is 0.411. The van der Waals surface area contributed by atoms with Gasteiger partial charge in [-0.2, -0.15) is 0 Å². The van der Waals surface area contributed by atoms with Gasteiger partial charge in [-0.05, 0) is 39.9 Å². The number of aliphatic carboxylic acids is 1. The van der Waals surface area contributed by atoms with Gasteiger partial charge in [0.2, 0.25) is 0 Å². The Balaban J connectivity index is 2.67. The summed E-state index contributed by atoms with van der Waals surface area (Å²) in [6.07, 6.45) is 0.512. The Morgan fingerprint density at radius 2 is 1.90 bits per heavy atom. The van der Waals surface area contributed by atoms with E-state index >= 15 is 0 Å². The summed E-state index contributed by atoms with van der Waals surface area (Å²) in [6, 6.07) is 7.06. The topological polar surface area (TPSA) is 66.4 Å². The van der Waals surface area contributed by atoms with Gasteiger partial charge in [0.15, 0.2) is 0 Å². The van der Waals surface area contributed by atoms with Crippen LogP contribution in [0.1, 0.15) is 37.6 Å². The average molecular weight is 342 g/mol. The van der Waals surface area contributed by atoms with Gasteiger partial charge in [0.1, 0.15) is 0 Å². The lowest BCUT2D eigenvalue weighted by molar-refractivity contribution is -0.142. The quantitative estimate of drug-likeness (QED) is 0.863. The lowest BCUT2D eigenvalue weighted by Gasteiger charge is -2.23. The van der Waals surface area contributed by atoms with E-state index in [1.807, 2.05) is 26.8 Å². The molecular formula is C15H20BrNO3. The fourth-order valence-corrected chi connectivity index (χ4v) is 2.41. The van der Waals surface area contributed by atoms with Crippen LogP contribution in [-0.4, -0.2) is 23.5 Å². The zero-order chi connectivity index (χ0) is 15.3. The molecule has 1 aromatic carbocycles. The van der Waals surface area contributed by atoms with Crippen LogP contribution in [0.4, 0.5) is 0 Å². The molecule has 0 fully saturated rings. The van der Waals surface area contributed by atoms with Crippen LogP contribution in [0.25, 0.3) is 0 Å². The van der Waals surface area contributed by atoms with Crippen LogP contribution in [0.5, 0.6) is 0 Å². The third-order valence-electron chi connectivity index (χ3n) is 2.84. The number of hydrogen-bond acceptors (Lipinski definition) is 2. The Labute approximate surface area is 127 Å². The van der Waals surface area contributed by atoms with Crippen molar-refractivity contribution in [1.29, 1.82) is 0 Å². The maximum absolute atomic E-state index is 12.0. The highest BCUT2D eigenvalue weighted by Crippen LogP contribution is 2.24. The van der Waals surface area contributed by atoms with Crippen molar-refractivity contribution in [3.63, 3.8) is 0 Å². The van der Waals surface area contributed by atoms with Gasteiger partial charge in [0.05, 0.1) is 11.5 Å². The van der Waals surface area contributed by atoms with E-state index in [2.05, 4.69) is 21.2 Å². The Morgan fingerprint density at radius 1 is 1.30 bits per heavy atom. The second kappa shape index (κ2) is 6.88. The van der Waals surface area contributed by atoms with E-state index in [-0.39, 0.29) is 17.9 Å². The van der Waals surface area contributed by atoms with Crippen molar-refractivity contribution in [2.75, 3.05) is 6.54 Å². The van der Waals surface area contributed by atoms with Crippen molar-refractivity contribution in [3.05, 3.63) is 34.3 Å². The summed E-state index contributed by atoms with van der Waals surface area (Å²) in [4.78, 5) is 23.3. The van der Waals surface area contributed by atoms with Crippen molar-refractivity contribution in [3.8, 4) is 0 Å². The number of hydrogen-bond donors (Lipinski definition) is 2. The van der Waals surface area contributed by atoms with E-state index in [0.717, 1.165) is 0 Å². The van der Waals surface area contributed by atoms with E-state index in [1.165, 1.54) is 0 Å². The van der Waals surface area contributed by atoms with Gasteiger partial charge in [-0.1, -0.05) is 32.9 Å². The molecule has 0 aliphatic heterocycles. The number of nitrogens with one attached hydrogen (secondary N) is 1. The maximum atomic E-state index is 12.0. The molecule has 110 valence electrons. The molecule has 0 aliphatic carbocycles. The van der Waals surface area contributed by atoms with Crippen LogP contribution in [0.2, 0.25) is 0 Å². The van der Waals surface area contributed by atoms with Gasteiger partial charge in [0, 0.05) is 11.0 Å². The molecule has 0 saturated carbocycles. The monoisotopic (exact) mass is 341 g/mol. The van der Waals surface area contributed by atoms with Crippen molar-refractivity contribution in [2.24, 2.45) is 11.3 Å². The smallest absolute Gasteiger partial charge is 0.308 e. The minimum absolute atomic E-state index is 0.0961. The molecule has 5 heteroatoms. The van der Waals surface area contributed by atoms with Gasteiger partial charge in [-0.3, -0.25) is 9.59 Å². The van der Waals surface area contributed by atoms with Crippen LogP contribution < -0.4 is 5.32 Å². The molecule has 1 atom stereocenters. The molecule has 4 nitrogen and oxygen atoms in total. The summed E-state index contributed by atoms with van der Waals surface area (Å²) in [7, 11) is 0. The number of amides is 1. The van der Waals surface area contributed by atoms with E-state index in [9.17, 15) is 14.7 Å². The zero-order valence-corrected chi connectivity index (χ0v) is 13.5. The third kappa shape index (κ3) is 5.33. The Morgan fingerprint density at radius 3 is 2.40 bits per heavy atom. The summed E-state index contributed by atoms with van der Waals surface area (Å²) in [6.45, 7) is 6.09. The zero-order valence-electron chi connectivity index (χ0n) is 11.9. The molecular weight excluding hydrogens is 322 g/mol. The van der Waals surface area contributed by atoms with Crippen LogP contribution in [0, 0.1) is 11.3 Å². The largest absolute Gasteiger partial charge is 0.481 e. The average Bonchev–Trinajstić information content (AvgIpc) is 2.33. The van der Waals surface area contributed by atoms with Crippen molar-refractivity contribution in [2.45, 2.75) is 27.2 Å². The maximum Gasteiger partial charge on any atom is 0.308 e. The van der Waals surface area contributed by atoms with Crippen LogP contribution >= 0.6 is 15.9 Å². The number of halogens is 1. The highest BCUT2D eigenvalue weighted by atomic mass is 79.9. The molecule has 0 spiro atoms. The number of rotatable bonds is 5. The molecule has 1 aromatic rings. The molecule has 0 bridgehead atoms. The van der Waals surface area contributed by atoms with Crippen molar-refractivity contribution in [1.82, 2.24) is 5.32 Å². The van der Waals surface area contributed by atoms with Gasteiger partial charge < -0.3 is 10.4 Å². The first-order valence-corrected chi connectivity index (χ1v) is 7.25. The molecule has 1 unspecified atom stereocenters. The number of carboxylic acid groups (broad SMARTS) is 1. The fourth-order valence-electron chi connectivity index (χ4n) is 1.94. The minimum atomic E-state index is -0.882. The number of carbonyl (C=O) groups is 2. The predicted molar refractivity (Wildman–Crippen MR) is 81.7 cm³/mol. The summed E-state index contributed by atoms with van der Waals surface area (Å²) in [5.74, 6) is -1.73. The van der Waals surface area contributed by atoms with E-state index in [4.69, 9.17) is 0 Å². The number of carboxylic acids is 1. The molecule has 0 heterocycles. The predicted octanol–water partition coefficient (Wildman–Crippen LogP) is 3.32. The highest BCUT2D eigenvalue weighted by molar-refractivity contribution is 9.10. The van der Waals surface area contributed by atoms with E-state index < -0.39 is 11.9 Å². The first-order valence-electron chi connectivity index (χ1n) is 6.46. The van der Waals surface area contributed by atoms with Gasteiger partial charge in [0.25, 0.3) is 5.91 Å². The summed E-state index contributed by atoms with van der Waals surface area (Å²) in [5, 5.41) is 11.9. The normalized spacial score (nSPS) is 12.8. The highest BCUT2D eigenvalue weighted by Gasteiger charge is 2.25. The lowest BCUT2D eigenvalue weighted by atomic mass is 9.84. The van der Waals surface area contributed by atoms with Crippen LogP contribution in [-0.2, 0) is 4.79 Å². The van der Waals surface area contributed by atoms with Crippen LogP contribution in [0.3, 0.4) is 0 Å². The fraction of sp³-hybridized carbons (Fsp3) is 0.467. The van der Waals surface area contributed by atoms with Gasteiger partial charge >= 0.3 is 5.97 Å². The van der Waals surface area contributed by atoms with E-state index in [0.29, 0.717) is 16.5 Å². The molecule has 1 amide bonds. The van der Waals surface area contributed by atoms with Crippen molar-refractivity contribution < 1.29 is 14.7 Å². The number of carbonyl (C=O) groups excluding carboxylic acids is 1. The molecule has 0 aromatic heterocycles. The molecule has 2 N–H and O–H groups in total. The summed E-state index contributed by atoms with van der Waals surface area (Å²) >= 11 is 3.30. The van der Waals surface area contributed by atoms with Gasteiger partial charge in [-0.15, -0.1) is 0 Å². The lowest BCUT2D eigenvalue weighted by Crippen LogP contribution is -2.35. The molecule has 0 saturated heterocycles. The SMILES string of the molecule is CC(C)(C)CC(CNC(=O)c1ccccc1Br)C(=O)O. The first-order chi connectivity index (χ1) is 9.20. The second-order valence-corrected chi connectivity index (χ2v) is 6.84. The second-order valence-electron chi connectivity index (χ2n) is 5.99. The van der Waals surface area contributed by atoms with Gasteiger partial charge in [-0.25, -0.2) is 0 Å². The molecule has 1 rings (SSSR count). The Hall–Kier alpha value is -1.36. The van der Waals surface area contributed by atoms with Crippen LogP contribution in [0.15, 0.2) is 28.7 Å². The molecule has 20 heavy (non-hydrogen) atoms. The Bertz CT molecular complexity index is 494. The number of benzene rings is 1. The van der Waals surface area contributed by atoms with Crippen molar-refractivity contribution >= 4 is 27.8 Å². The Kier molecular flexibility index (Phi) is 5.74. The minimum Gasteiger partial charge on any atom is -0.481 e. The summed E-state index contributed by atoms with van der Waals surface area (Å²) < 4.78 is 0.695. The first kappa shape index (κ1) is 16.7. The molecule has 0 aliphatic rings. The molecule has 0 radical (unpaired) electrons. The third-order valence-corrected chi connectivity index (χ3v) is 3.53. The van der Waals surface area contributed by atoms with E-state index in [1.54, 1.807) is 18.2 Å².